The lowest BCUT2D eigenvalue weighted by Gasteiger charge is -2.43. The van der Waals surface area contributed by atoms with Gasteiger partial charge in [0.25, 0.3) is 0 Å². The molecular formula is C27H32F3N2O4S3+. The summed E-state index contributed by atoms with van der Waals surface area (Å²) in [6.07, 6.45) is -8.79. The van der Waals surface area contributed by atoms with Crippen LogP contribution < -0.4 is 4.67 Å². The molecule has 0 saturated carbocycles. The summed E-state index contributed by atoms with van der Waals surface area (Å²) in [6.45, 7) is 3.83. The molecule has 12 heteroatoms. The van der Waals surface area contributed by atoms with Gasteiger partial charge in [-0.15, -0.1) is 0 Å². The van der Waals surface area contributed by atoms with Gasteiger partial charge in [-0.3, -0.25) is 0 Å². The fourth-order valence-corrected chi connectivity index (χ4v) is 5.24. The van der Waals surface area contributed by atoms with E-state index >= 15 is 0 Å². The van der Waals surface area contributed by atoms with Crippen molar-refractivity contribution < 1.29 is 32.1 Å². The maximum absolute atomic E-state index is 14.5. The van der Waals surface area contributed by atoms with Crippen LogP contribution in [0.1, 0.15) is 17.5 Å². The zero-order valence-corrected chi connectivity index (χ0v) is 24.3. The van der Waals surface area contributed by atoms with Crippen LogP contribution in [0, 0.1) is 0 Å². The van der Waals surface area contributed by atoms with Gasteiger partial charge in [0.15, 0.2) is 6.72 Å². The second-order valence-electron chi connectivity index (χ2n) is 8.85. The molecule has 0 aromatic heterocycles. The number of thiocarbonyl (C=S) groups is 1. The molecule has 212 valence electrons. The SMILES string of the molecule is C=[N+]=C(SC1CC(OCc2ccccc2)C(OCc2ccccc2)C(C(OC(=S)SC)C(F)(F)F)O1)N(C)C. The number of hydrogen-bond acceptors (Lipinski definition) is 7. The predicted octanol–water partition coefficient (Wildman–Crippen LogP) is 5.29. The normalized spacial score (nSPS) is 22.0. The maximum atomic E-state index is 14.5. The number of thioether (sulfide) groups is 2. The molecule has 0 bridgehead atoms. The molecule has 0 amide bonds. The van der Waals surface area contributed by atoms with Crippen molar-refractivity contribution in [2.75, 3.05) is 20.4 Å². The van der Waals surface area contributed by atoms with E-state index in [4.69, 9.17) is 31.2 Å². The molecule has 2 aromatic rings. The summed E-state index contributed by atoms with van der Waals surface area (Å²) in [6, 6.07) is 18.6. The monoisotopic (exact) mass is 601 g/mol. The van der Waals surface area contributed by atoms with Crippen molar-refractivity contribution in [1.82, 2.24) is 9.57 Å². The van der Waals surface area contributed by atoms with Gasteiger partial charge in [0.1, 0.15) is 17.6 Å². The number of ether oxygens (including phenoxy) is 4. The molecule has 1 aliphatic heterocycles. The first kappa shape index (κ1) is 31.5. The number of nitrogens with zero attached hydrogens (tertiary/aromatic N) is 2. The van der Waals surface area contributed by atoms with Crippen molar-refractivity contribution in [3.05, 3.63) is 71.8 Å². The molecule has 0 radical (unpaired) electrons. The Hall–Kier alpha value is -2.05. The highest BCUT2D eigenvalue weighted by atomic mass is 32.2. The molecule has 1 saturated heterocycles. The molecule has 0 aliphatic carbocycles. The molecule has 2 aromatic carbocycles. The van der Waals surface area contributed by atoms with Gasteiger partial charge in [0, 0.05) is 18.2 Å². The number of rotatable bonds is 9. The van der Waals surface area contributed by atoms with Crippen molar-refractivity contribution in [1.29, 1.82) is 0 Å². The third kappa shape index (κ3) is 9.53. The van der Waals surface area contributed by atoms with Crippen LogP contribution in [0.4, 0.5) is 13.2 Å². The fraction of sp³-hybridized carbons (Fsp3) is 0.444. The summed E-state index contributed by atoms with van der Waals surface area (Å²) in [7, 11) is 3.54. The van der Waals surface area contributed by atoms with Gasteiger partial charge in [0.05, 0.1) is 33.4 Å². The van der Waals surface area contributed by atoms with Crippen LogP contribution in [0.25, 0.3) is 0 Å². The van der Waals surface area contributed by atoms with Gasteiger partial charge in [-0.1, -0.05) is 72.4 Å². The smallest absolute Gasteiger partial charge is 0.428 e. The maximum Gasteiger partial charge on any atom is 0.428 e. The van der Waals surface area contributed by atoms with Crippen LogP contribution in [-0.4, -0.2) is 77.5 Å². The van der Waals surface area contributed by atoms with Crippen LogP contribution in [0.2, 0.25) is 0 Å². The van der Waals surface area contributed by atoms with E-state index in [2.05, 4.69) is 11.4 Å². The van der Waals surface area contributed by atoms with Crippen molar-refractivity contribution in [2.45, 2.75) is 55.7 Å². The lowest BCUT2D eigenvalue weighted by molar-refractivity contribution is -0.276. The molecule has 0 N–H and O–H groups in total. The number of alkyl halides is 3. The Balaban J connectivity index is 1.98. The van der Waals surface area contributed by atoms with E-state index in [1.165, 1.54) is 11.8 Å². The van der Waals surface area contributed by atoms with Gasteiger partial charge in [-0.2, -0.15) is 13.2 Å². The Kier molecular flexibility index (Phi) is 12.2. The van der Waals surface area contributed by atoms with Crippen molar-refractivity contribution in [3.63, 3.8) is 0 Å². The van der Waals surface area contributed by atoms with Crippen molar-refractivity contribution in [2.24, 2.45) is 0 Å². The number of halogens is 3. The number of benzene rings is 2. The standard InChI is InChI=1S/C27H32F3N2O4S3/c1-31-25(32(2)3)39-21-15-20(33-16-18-11-7-5-8-12-18)22(34-17-19-13-9-6-10-14-19)23(35-21)24(27(28,29)30)36-26(37)38-4/h5-14,20-24H,1,15-17H2,2-4H3/q+1. The average Bonchev–Trinajstić information content (AvgIpc) is 2.92. The third-order valence-corrected chi connectivity index (χ3v) is 8.08. The molecule has 1 aliphatic rings. The largest absolute Gasteiger partial charge is 0.463 e. The molecule has 6 nitrogen and oxygen atoms in total. The lowest BCUT2D eigenvalue weighted by atomic mass is 9.96. The topological polar surface area (TPSA) is 54.3 Å². The highest BCUT2D eigenvalue weighted by Crippen LogP contribution is 2.39. The predicted molar refractivity (Wildman–Crippen MR) is 156 cm³/mol. The van der Waals surface area contributed by atoms with E-state index in [-0.39, 0.29) is 24.0 Å². The molecular weight excluding hydrogens is 570 g/mol. The molecule has 39 heavy (non-hydrogen) atoms. The van der Waals surface area contributed by atoms with E-state index in [9.17, 15) is 13.2 Å². The van der Waals surface area contributed by atoms with Crippen LogP contribution in [0.15, 0.2) is 60.7 Å². The minimum Gasteiger partial charge on any atom is -0.463 e. The molecule has 0 spiro atoms. The Morgan fingerprint density at radius 2 is 1.64 bits per heavy atom. The minimum atomic E-state index is -4.79. The molecule has 3 rings (SSSR count). The molecule has 5 atom stereocenters. The zero-order valence-electron chi connectivity index (χ0n) is 21.9. The Morgan fingerprint density at radius 3 is 2.13 bits per heavy atom. The number of amidine groups is 1. The molecule has 1 heterocycles. The molecule has 1 fully saturated rings. The summed E-state index contributed by atoms with van der Waals surface area (Å²) >= 11 is 7.10. The van der Waals surface area contributed by atoms with E-state index < -0.39 is 36.0 Å². The first-order chi connectivity index (χ1) is 18.6. The van der Waals surface area contributed by atoms with Crippen LogP contribution in [0.3, 0.4) is 0 Å². The average molecular weight is 602 g/mol. The van der Waals surface area contributed by atoms with Crippen LogP contribution in [-0.2, 0) is 32.2 Å². The first-order valence-electron chi connectivity index (χ1n) is 12.1. The highest BCUT2D eigenvalue weighted by molar-refractivity contribution is 8.22. The lowest BCUT2D eigenvalue weighted by Crippen LogP contribution is -2.59. The van der Waals surface area contributed by atoms with Gasteiger partial charge < -0.3 is 18.9 Å². The minimum absolute atomic E-state index is 0.0647. The second-order valence-corrected chi connectivity index (χ2v) is 11.4. The Labute approximate surface area is 241 Å². The van der Waals surface area contributed by atoms with E-state index in [0.29, 0.717) is 5.17 Å². The number of hydrogen-bond donors (Lipinski definition) is 0. The zero-order chi connectivity index (χ0) is 28.4. The second kappa shape index (κ2) is 15.1. The summed E-state index contributed by atoms with van der Waals surface area (Å²) in [4.78, 5) is 1.72. The fourth-order valence-electron chi connectivity index (χ4n) is 3.95. The highest BCUT2D eigenvalue weighted by Gasteiger charge is 2.56. The molecule has 5 unspecified atom stereocenters. The quantitative estimate of drug-likeness (QED) is 0.167. The Bertz CT molecular complexity index is 1100. The Morgan fingerprint density at radius 1 is 1.08 bits per heavy atom. The third-order valence-electron chi connectivity index (χ3n) is 5.78. The van der Waals surface area contributed by atoms with Gasteiger partial charge in [-0.05, 0) is 29.6 Å². The summed E-state index contributed by atoms with van der Waals surface area (Å²) in [5.74, 6) is 0. The first-order valence-corrected chi connectivity index (χ1v) is 14.6. The van der Waals surface area contributed by atoms with Gasteiger partial charge >= 0.3 is 11.3 Å². The van der Waals surface area contributed by atoms with E-state index in [0.717, 1.165) is 22.9 Å². The summed E-state index contributed by atoms with van der Waals surface area (Å²) < 4.78 is 71.0. The van der Waals surface area contributed by atoms with Crippen molar-refractivity contribution in [3.8, 4) is 0 Å². The van der Waals surface area contributed by atoms with Crippen LogP contribution >= 0.6 is 35.7 Å². The van der Waals surface area contributed by atoms with E-state index in [1.54, 1.807) is 25.3 Å². The van der Waals surface area contributed by atoms with E-state index in [1.807, 2.05) is 60.7 Å². The summed E-state index contributed by atoms with van der Waals surface area (Å²) in [5.41, 5.74) is 0.941. The van der Waals surface area contributed by atoms with Gasteiger partial charge in [-0.25, -0.2) is 9.57 Å². The van der Waals surface area contributed by atoms with Crippen LogP contribution in [0.5, 0.6) is 0 Å². The summed E-state index contributed by atoms with van der Waals surface area (Å²) in [5, 5.41) is 0.494. The van der Waals surface area contributed by atoms with Gasteiger partial charge in [0.2, 0.25) is 10.5 Å². The van der Waals surface area contributed by atoms with Crippen molar-refractivity contribution >= 4 is 52.0 Å².